The first kappa shape index (κ1) is 37.1. The summed E-state index contributed by atoms with van der Waals surface area (Å²) in [4.78, 5) is 31.9. The number of carbonyl (C=O) groups excluding carboxylic acids is 1. The number of aliphatic carboxylic acids is 1. The van der Waals surface area contributed by atoms with E-state index < -0.39 is 29.8 Å². The molecule has 2 N–H and O–H groups in total. The molecule has 282 valence electrons. The number of aryl methyl sites for hydroxylation is 1. The SMILES string of the molecule is CN1CC/C=C\[C@H](OCCN2CCC(F)(F)CC2)[C@@H]2CC[C@H]2CN2C[C@@]3(CCCc4cc(Cl)ccc43)COc3ccc(cc32)[C@@](O)(C(=O)O)CC1=O. The van der Waals surface area contributed by atoms with Gasteiger partial charge in [0.25, 0.3) is 5.92 Å². The second-order valence-corrected chi connectivity index (χ2v) is 16.1. The molecule has 0 radical (unpaired) electrons. The largest absolute Gasteiger partial charge is 0.490 e. The number of carbonyl (C=O) groups is 2. The van der Waals surface area contributed by atoms with Crippen molar-refractivity contribution < 1.29 is 38.1 Å². The van der Waals surface area contributed by atoms with Gasteiger partial charge in [-0.15, -0.1) is 0 Å². The second kappa shape index (κ2) is 14.9. The third kappa shape index (κ3) is 7.56. The van der Waals surface area contributed by atoms with Crippen molar-refractivity contribution in [3.8, 4) is 5.75 Å². The van der Waals surface area contributed by atoms with Crippen molar-refractivity contribution in [3.05, 3.63) is 70.3 Å². The van der Waals surface area contributed by atoms with Gasteiger partial charge in [0.2, 0.25) is 5.91 Å². The molecule has 0 unspecified atom stereocenters. The highest BCUT2D eigenvalue weighted by atomic mass is 35.5. The van der Waals surface area contributed by atoms with Crippen LogP contribution in [-0.4, -0.2) is 103 Å². The third-order valence-electron chi connectivity index (χ3n) is 12.3. The summed E-state index contributed by atoms with van der Waals surface area (Å²) in [5, 5.41) is 22.8. The van der Waals surface area contributed by atoms with Crippen LogP contribution >= 0.6 is 11.6 Å². The van der Waals surface area contributed by atoms with Gasteiger partial charge in [-0.25, -0.2) is 13.6 Å². The van der Waals surface area contributed by atoms with E-state index in [1.807, 2.05) is 17.0 Å². The van der Waals surface area contributed by atoms with Gasteiger partial charge in [0.15, 0.2) is 5.60 Å². The summed E-state index contributed by atoms with van der Waals surface area (Å²) in [6, 6.07) is 11.1. The maximum absolute atomic E-state index is 13.8. The van der Waals surface area contributed by atoms with E-state index in [9.17, 15) is 28.6 Å². The number of ether oxygens (including phenoxy) is 2. The molecule has 3 aliphatic heterocycles. The number of anilines is 1. The highest BCUT2D eigenvalue weighted by Crippen LogP contribution is 2.48. The lowest BCUT2D eigenvalue weighted by Gasteiger charge is -2.46. The highest BCUT2D eigenvalue weighted by molar-refractivity contribution is 6.30. The zero-order valence-electron chi connectivity index (χ0n) is 29.9. The van der Waals surface area contributed by atoms with Crippen LogP contribution in [-0.2, 0) is 31.8 Å². The molecule has 3 heterocycles. The van der Waals surface area contributed by atoms with E-state index in [0.717, 1.165) is 32.1 Å². The fourth-order valence-electron chi connectivity index (χ4n) is 8.93. The van der Waals surface area contributed by atoms with Crippen molar-refractivity contribution in [1.29, 1.82) is 0 Å². The van der Waals surface area contributed by atoms with Gasteiger partial charge in [-0.2, -0.15) is 0 Å². The van der Waals surface area contributed by atoms with E-state index in [2.05, 4.69) is 23.1 Å². The van der Waals surface area contributed by atoms with E-state index in [0.29, 0.717) is 75.4 Å². The van der Waals surface area contributed by atoms with Gasteiger partial charge in [0.05, 0.1) is 31.4 Å². The summed E-state index contributed by atoms with van der Waals surface area (Å²) in [5.41, 5.74) is 0.477. The maximum Gasteiger partial charge on any atom is 0.340 e. The fraction of sp³-hybridized carbons (Fsp3) is 0.600. The van der Waals surface area contributed by atoms with Crippen LogP contribution in [0.3, 0.4) is 0 Å². The number of alkyl halides is 2. The van der Waals surface area contributed by atoms with E-state index in [1.54, 1.807) is 25.2 Å². The minimum Gasteiger partial charge on any atom is -0.490 e. The smallest absolute Gasteiger partial charge is 0.340 e. The normalized spacial score (nSPS) is 31.5. The summed E-state index contributed by atoms with van der Waals surface area (Å²) in [5.74, 6) is -3.50. The summed E-state index contributed by atoms with van der Waals surface area (Å²) in [6.45, 7) is 3.80. The van der Waals surface area contributed by atoms with Gasteiger partial charge in [-0.05, 0) is 91.3 Å². The minimum atomic E-state index is -2.59. The topological polar surface area (TPSA) is 103 Å². The molecule has 2 fully saturated rings. The molecule has 5 atom stereocenters. The van der Waals surface area contributed by atoms with Crippen LogP contribution < -0.4 is 9.64 Å². The molecule has 9 nitrogen and oxygen atoms in total. The Kier molecular flexibility index (Phi) is 10.6. The highest BCUT2D eigenvalue weighted by Gasteiger charge is 2.46. The number of hydrogen-bond acceptors (Lipinski definition) is 7. The molecule has 52 heavy (non-hydrogen) atoms. The predicted octanol–water partition coefficient (Wildman–Crippen LogP) is 6.04. The zero-order valence-corrected chi connectivity index (χ0v) is 30.6. The molecule has 0 aromatic heterocycles. The first-order valence-corrected chi connectivity index (χ1v) is 19.1. The number of likely N-dealkylation sites (tertiary alicyclic amines) is 1. The summed E-state index contributed by atoms with van der Waals surface area (Å²) in [6.07, 6.45) is 8.34. The Balaban J connectivity index is 1.22. The number of nitrogens with zero attached hydrogens (tertiary/aromatic N) is 3. The number of rotatable bonds is 5. The monoisotopic (exact) mass is 741 g/mol. The molecule has 2 aromatic carbocycles. The molecule has 1 saturated heterocycles. The molecule has 2 bridgehead atoms. The Morgan fingerprint density at radius 1 is 1.10 bits per heavy atom. The van der Waals surface area contributed by atoms with Crippen LogP contribution in [0.5, 0.6) is 5.75 Å². The Hall–Kier alpha value is -3.25. The Labute approximate surface area is 309 Å². The number of carboxylic acids is 1. The molecule has 1 amide bonds. The van der Waals surface area contributed by atoms with Gasteiger partial charge in [-0.3, -0.25) is 4.79 Å². The van der Waals surface area contributed by atoms with Crippen molar-refractivity contribution in [2.24, 2.45) is 11.8 Å². The van der Waals surface area contributed by atoms with Crippen LogP contribution in [0.15, 0.2) is 48.6 Å². The molecular weight excluding hydrogens is 692 g/mol. The molecule has 12 heteroatoms. The number of hydrogen-bond donors (Lipinski definition) is 2. The van der Waals surface area contributed by atoms with Crippen molar-refractivity contribution in [2.75, 3.05) is 64.4 Å². The molecule has 7 rings (SSSR count). The lowest BCUT2D eigenvalue weighted by atomic mass is 9.68. The van der Waals surface area contributed by atoms with Crippen LogP contribution in [0.1, 0.15) is 68.1 Å². The van der Waals surface area contributed by atoms with Gasteiger partial charge in [0, 0.05) is 69.6 Å². The van der Waals surface area contributed by atoms with Crippen molar-refractivity contribution in [2.45, 2.75) is 80.8 Å². The van der Waals surface area contributed by atoms with E-state index in [4.69, 9.17) is 21.1 Å². The van der Waals surface area contributed by atoms with Gasteiger partial charge in [-0.1, -0.05) is 35.9 Å². The molecule has 2 aromatic rings. The Morgan fingerprint density at radius 2 is 1.90 bits per heavy atom. The zero-order chi connectivity index (χ0) is 36.7. The molecule has 1 spiro atoms. The number of fused-ring (bicyclic) bond motifs is 4. The standard InChI is InChI=1S/C40H50ClF2N3O6/c1-44-16-3-2-6-34(51-20-19-45-17-14-39(42,43)15-18-45)31-10-7-28(31)24-46-25-38(13-4-5-27-21-30(41)9-11-32(27)38)26-52-35-12-8-29(22-33(35)46)40(50,37(48)49)23-36(44)47/h2,6,8-9,11-12,21-22,28,31,34,50H,3-5,7,10,13-20,23-26H2,1H3,(H,48,49)/b6-2-/t28-,31+,34-,38-,40+/m0/s1. The summed E-state index contributed by atoms with van der Waals surface area (Å²) >= 11 is 6.45. The summed E-state index contributed by atoms with van der Waals surface area (Å²) in [7, 11) is 1.61. The Morgan fingerprint density at radius 3 is 2.65 bits per heavy atom. The lowest BCUT2D eigenvalue weighted by molar-refractivity contribution is -0.164. The average Bonchev–Trinajstić information content (AvgIpc) is 3.25. The number of aliphatic hydroxyl groups is 1. The number of piperidine rings is 1. The quantitative estimate of drug-likeness (QED) is 0.358. The van der Waals surface area contributed by atoms with Crippen LogP contribution in [0.25, 0.3) is 0 Å². The van der Waals surface area contributed by atoms with Crippen LogP contribution in [0, 0.1) is 11.8 Å². The van der Waals surface area contributed by atoms with E-state index >= 15 is 0 Å². The van der Waals surface area contributed by atoms with Crippen molar-refractivity contribution >= 4 is 29.2 Å². The molecular formula is C40H50ClF2N3O6. The van der Waals surface area contributed by atoms with E-state index in [-0.39, 0.29) is 41.8 Å². The minimum absolute atomic E-state index is 0.126. The Bertz CT molecular complexity index is 1680. The average molecular weight is 742 g/mol. The number of amides is 1. The van der Waals surface area contributed by atoms with Gasteiger partial charge >= 0.3 is 5.97 Å². The number of halogens is 3. The maximum atomic E-state index is 13.8. The number of benzene rings is 2. The van der Waals surface area contributed by atoms with Crippen LogP contribution in [0.2, 0.25) is 5.02 Å². The fourth-order valence-corrected chi connectivity index (χ4v) is 9.12. The lowest BCUT2D eigenvalue weighted by Crippen LogP contribution is -2.50. The molecule has 5 aliphatic rings. The van der Waals surface area contributed by atoms with E-state index in [1.165, 1.54) is 16.0 Å². The first-order valence-electron chi connectivity index (χ1n) is 18.8. The van der Waals surface area contributed by atoms with Gasteiger partial charge in [0.1, 0.15) is 5.75 Å². The van der Waals surface area contributed by atoms with Gasteiger partial charge < -0.3 is 34.4 Å². The first-order chi connectivity index (χ1) is 24.9. The number of carboxylic acid groups (broad SMARTS) is 1. The molecule has 1 saturated carbocycles. The summed E-state index contributed by atoms with van der Waals surface area (Å²) < 4.78 is 40.7. The predicted molar refractivity (Wildman–Crippen MR) is 194 cm³/mol. The second-order valence-electron chi connectivity index (χ2n) is 15.7. The molecule has 2 aliphatic carbocycles. The third-order valence-corrected chi connectivity index (χ3v) is 12.6. The van der Waals surface area contributed by atoms with Crippen molar-refractivity contribution in [1.82, 2.24) is 9.80 Å². The van der Waals surface area contributed by atoms with Crippen LogP contribution in [0.4, 0.5) is 14.5 Å². The van der Waals surface area contributed by atoms with Crippen molar-refractivity contribution in [3.63, 3.8) is 0 Å².